The normalized spacial score (nSPS) is 11.2. The highest BCUT2D eigenvalue weighted by molar-refractivity contribution is 6.14. The van der Waals surface area contributed by atoms with E-state index in [1.807, 2.05) is 60.7 Å². The summed E-state index contributed by atoms with van der Waals surface area (Å²) in [5.74, 6) is 0.626. The van der Waals surface area contributed by atoms with Gasteiger partial charge < -0.3 is 9.32 Å². The second kappa shape index (κ2) is 12.7. The molecular weight excluding hydrogens is 611 g/mol. The van der Waals surface area contributed by atoms with Gasteiger partial charge in [-0.15, -0.1) is 0 Å². The Hall–Kier alpha value is -6.78. The van der Waals surface area contributed by atoms with E-state index < -0.39 is 0 Å². The summed E-state index contributed by atoms with van der Waals surface area (Å²) in [6.07, 6.45) is 0. The van der Waals surface area contributed by atoms with Gasteiger partial charge in [-0.3, -0.25) is 0 Å². The fourth-order valence-electron chi connectivity index (χ4n) is 6.67. The summed E-state index contributed by atoms with van der Waals surface area (Å²) in [4.78, 5) is 12.7. The highest BCUT2D eigenvalue weighted by Crippen LogP contribution is 2.45. The second-order valence-electron chi connectivity index (χ2n) is 12.2. The van der Waals surface area contributed by atoms with E-state index in [1.54, 1.807) is 0 Å². The van der Waals surface area contributed by atoms with Crippen LogP contribution in [-0.2, 0) is 0 Å². The lowest BCUT2D eigenvalue weighted by Gasteiger charge is -2.27. The first kappa shape index (κ1) is 29.4. The highest BCUT2D eigenvalue weighted by atomic mass is 16.3. The van der Waals surface area contributed by atoms with Crippen molar-refractivity contribution in [2.75, 3.05) is 4.90 Å². The van der Waals surface area contributed by atoms with Gasteiger partial charge in [-0.1, -0.05) is 140 Å². The maximum Gasteiger partial charge on any atom is 0.160 e. The summed E-state index contributed by atoms with van der Waals surface area (Å²) < 4.78 is 6.60. The number of aromatic nitrogens is 2. The van der Waals surface area contributed by atoms with Gasteiger partial charge in [-0.2, -0.15) is 0 Å². The smallest absolute Gasteiger partial charge is 0.160 e. The lowest BCUT2D eigenvalue weighted by atomic mass is 10.0. The Morgan fingerprint density at radius 2 is 0.880 bits per heavy atom. The van der Waals surface area contributed by atoms with Crippen molar-refractivity contribution in [1.29, 1.82) is 0 Å². The molecule has 0 saturated heterocycles. The van der Waals surface area contributed by atoms with Crippen LogP contribution in [0.5, 0.6) is 0 Å². The van der Waals surface area contributed by atoms with Crippen LogP contribution in [0, 0.1) is 0 Å². The fraction of sp³-hybridized carbons (Fsp3) is 0. The average molecular weight is 642 g/mol. The van der Waals surface area contributed by atoms with Gasteiger partial charge in [0.1, 0.15) is 11.2 Å². The third kappa shape index (κ3) is 5.49. The molecule has 0 amide bonds. The molecule has 0 saturated carbocycles. The Morgan fingerprint density at radius 1 is 0.380 bits per heavy atom. The lowest BCUT2D eigenvalue weighted by molar-refractivity contribution is 0.669. The standard InChI is InChI=1S/C46H31N3O/c1-5-15-32(16-6-1)33-25-27-38(28-26-33)49(37-21-11-4-12-22-37)42-29-36(30-44-45(42)39-23-13-14-24-43(39)50-44)46-47-40(34-17-7-2-8-18-34)31-41(48-46)35-19-9-3-10-20-35/h1-31H. The van der Waals surface area contributed by atoms with E-state index in [9.17, 15) is 0 Å². The maximum absolute atomic E-state index is 6.60. The molecule has 0 N–H and O–H groups in total. The van der Waals surface area contributed by atoms with Crippen LogP contribution in [0.1, 0.15) is 0 Å². The number of anilines is 3. The minimum atomic E-state index is 0.626. The molecule has 0 atom stereocenters. The number of fused-ring (bicyclic) bond motifs is 3. The first-order chi connectivity index (χ1) is 24.8. The van der Waals surface area contributed by atoms with Crippen molar-refractivity contribution >= 4 is 39.0 Å². The van der Waals surface area contributed by atoms with Crippen LogP contribution in [0.3, 0.4) is 0 Å². The van der Waals surface area contributed by atoms with Crippen molar-refractivity contribution in [2.24, 2.45) is 0 Å². The predicted molar refractivity (Wildman–Crippen MR) is 206 cm³/mol. The molecule has 0 radical (unpaired) electrons. The molecule has 0 aliphatic heterocycles. The zero-order chi connectivity index (χ0) is 33.3. The summed E-state index contributed by atoms with van der Waals surface area (Å²) in [6, 6.07) is 64.9. The molecule has 0 bridgehead atoms. The summed E-state index contributed by atoms with van der Waals surface area (Å²) in [5, 5.41) is 2.08. The minimum Gasteiger partial charge on any atom is -0.456 e. The van der Waals surface area contributed by atoms with Crippen LogP contribution >= 0.6 is 0 Å². The van der Waals surface area contributed by atoms with Gasteiger partial charge >= 0.3 is 0 Å². The Bertz CT molecular complexity index is 2510. The third-order valence-corrected chi connectivity index (χ3v) is 9.07. The van der Waals surface area contributed by atoms with E-state index in [1.165, 1.54) is 5.56 Å². The van der Waals surface area contributed by atoms with Crippen molar-refractivity contribution in [3.8, 4) is 45.0 Å². The SMILES string of the molecule is c1ccc(-c2ccc(N(c3ccccc3)c3cc(-c4nc(-c5ccccc5)cc(-c5ccccc5)n4)cc4oc5ccccc5c34)cc2)cc1. The van der Waals surface area contributed by atoms with Crippen LogP contribution in [0.15, 0.2) is 192 Å². The molecular formula is C46H31N3O. The van der Waals surface area contributed by atoms with Crippen LogP contribution in [0.4, 0.5) is 17.1 Å². The molecule has 4 nitrogen and oxygen atoms in total. The summed E-state index contributed by atoms with van der Waals surface area (Å²) in [5.41, 5.74) is 11.6. The molecule has 0 unspecified atom stereocenters. The summed E-state index contributed by atoms with van der Waals surface area (Å²) >= 11 is 0. The topological polar surface area (TPSA) is 42.2 Å². The van der Waals surface area contributed by atoms with Crippen LogP contribution in [0.2, 0.25) is 0 Å². The van der Waals surface area contributed by atoms with Gasteiger partial charge in [0.05, 0.1) is 22.5 Å². The van der Waals surface area contributed by atoms with Gasteiger partial charge in [-0.05, 0) is 59.7 Å². The molecule has 2 heterocycles. The Kier molecular flexibility index (Phi) is 7.45. The molecule has 0 fully saturated rings. The molecule has 0 spiro atoms. The van der Waals surface area contributed by atoms with Crippen LogP contribution in [-0.4, -0.2) is 9.97 Å². The van der Waals surface area contributed by atoms with E-state index in [0.717, 1.165) is 72.6 Å². The van der Waals surface area contributed by atoms with Crippen molar-refractivity contribution in [3.63, 3.8) is 0 Å². The molecule has 9 rings (SSSR count). The Balaban J connectivity index is 1.30. The molecule has 9 aromatic rings. The summed E-state index contributed by atoms with van der Waals surface area (Å²) in [7, 11) is 0. The first-order valence-electron chi connectivity index (χ1n) is 16.7. The number of hydrogen-bond acceptors (Lipinski definition) is 4. The van der Waals surface area contributed by atoms with Crippen molar-refractivity contribution < 1.29 is 4.42 Å². The minimum absolute atomic E-state index is 0.626. The van der Waals surface area contributed by atoms with Gasteiger partial charge in [0.15, 0.2) is 5.82 Å². The van der Waals surface area contributed by atoms with Gasteiger partial charge in [-0.25, -0.2) is 9.97 Å². The van der Waals surface area contributed by atoms with Crippen LogP contribution in [0.25, 0.3) is 67.0 Å². The monoisotopic (exact) mass is 641 g/mol. The number of para-hydroxylation sites is 2. The highest BCUT2D eigenvalue weighted by Gasteiger charge is 2.22. The molecule has 0 aliphatic carbocycles. The zero-order valence-corrected chi connectivity index (χ0v) is 27.1. The quantitative estimate of drug-likeness (QED) is 0.174. The van der Waals surface area contributed by atoms with Crippen LogP contribution < -0.4 is 4.90 Å². The van der Waals surface area contributed by atoms with E-state index >= 15 is 0 Å². The predicted octanol–water partition coefficient (Wildman–Crippen LogP) is 12.5. The average Bonchev–Trinajstić information content (AvgIpc) is 3.58. The number of benzene rings is 7. The lowest BCUT2D eigenvalue weighted by Crippen LogP contribution is -2.10. The number of nitrogens with zero attached hydrogens (tertiary/aromatic N) is 3. The molecule has 50 heavy (non-hydrogen) atoms. The fourth-order valence-corrected chi connectivity index (χ4v) is 6.67. The number of furan rings is 1. The largest absolute Gasteiger partial charge is 0.456 e. The second-order valence-corrected chi connectivity index (χ2v) is 12.2. The van der Waals surface area contributed by atoms with Gasteiger partial charge in [0.25, 0.3) is 0 Å². The molecule has 4 heteroatoms. The first-order valence-corrected chi connectivity index (χ1v) is 16.7. The van der Waals surface area contributed by atoms with Crippen molar-refractivity contribution in [3.05, 3.63) is 188 Å². The van der Waals surface area contributed by atoms with E-state index in [4.69, 9.17) is 14.4 Å². The number of rotatable bonds is 7. The number of hydrogen-bond donors (Lipinski definition) is 0. The van der Waals surface area contributed by atoms with Gasteiger partial charge in [0, 0.05) is 33.5 Å². The molecule has 0 aliphatic rings. The van der Waals surface area contributed by atoms with Gasteiger partial charge in [0.2, 0.25) is 0 Å². The van der Waals surface area contributed by atoms with E-state index in [2.05, 4.69) is 132 Å². The third-order valence-electron chi connectivity index (χ3n) is 9.07. The van der Waals surface area contributed by atoms with Crippen molar-refractivity contribution in [2.45, 2.75) is 0 Å². The molecule has 236 valence electrons. The van der Waals surface area contributed by atoms with E-state index in [-0.39, 0.29) is 0 Å². The Labute approximate surface area is 290 Å². The van der Waals surface area contributed by atoms with E-state index in [0.29, 0.717) is 5.82 Å². The Morgan fingerprint density at radius 3 is 1.50 bits per heavy atom. The van der Waals surface area contributed by atoms with Crippen molar-refractivity contribution in [1.82, 2.24) is 9.97 Å². The molecule has 7 aromatic carbocycles. The zero-order valence-electron chi connectivity index (χ0n) is 27.1. The maximum atomic E-state index is 6.60. The summed E-state index contributed by atoms with van der Waals surface area (Å²) in [6.45, 7) is 0. The molecule has 2 aromatic heterocycles.